The number of amides is 2. The second-order valence-corrected chi connectivity index (χ2v) is 6.49. The van der Waals surface area contributed by atoms with Crippen LogP contribution in [0.5, 0.6) is 5.75 Å². The van der Waals surface area contributed by atoms with Crippen LogP contribution in [0.15, 0.2) is 42.5 Å². The molecule has 2 aromatic rings. The number of halogens is 2. The summed E-state index contributed by atoms with van der Waals surface area (Å²) < 4.78 is 37.2. The summed E-state index contributed by atoms with van der Waals surface area (Å²) >= 11 is 0. The van der Waals surface area contributed by atoms with Crippen molar-refractivity contribution in [1.29, 1.82) is 0 Å². The van der Waals surface area contributed by atoms with Crippen molar-refractivity contribution in [3.63, 3.8) is 0 Å². The molecule has 2 amide bonds. The van der Waals surface area contributed by atoms with Crippen molar-refractivity contribution in [1.82, 2.24) is 10.2 Å². The van der Waals surface area contributed by atoms with Crippen LogP contribution in [0.4, 0.5) is 13.6 Å². The highest BCUT2D eigenvalue weighted by molar-refractivity contribution is 5.94. The summed E-state index contributed by atoms with van der Waals surface area (Å²) in [5, 5.41) is 12.0. The van der Waals surface area contributed by atoms with E-state index in [1.165, 1.54) is 35.2 Å². The van der Waals surface area contributed by atoms with Gasteiger partial charge in [-0.1, -0.05) is 0 Å². The van der Waals surface area contributed by atoms with E-state index in [1.54, 1.807) is 0 Å². The van der Waals surface area contributed by atoms with Gasteiger partial charge in [-0.3, -0.25) is 4.79 Å². The van der Waals surface area contributed by atoms with Crippen LogP contribution < -0.4 is 5.32 Å². The lowest BCUT2D eigenvalue weighted by atomic mass is 10.2. The fraction of sp³-hybridized carbons (Fsp3) is 0.300. The number of nitrogens with zero attached hydrogens (tertiary/aromatic N) is 1. The van der Waals surface area contributed by atoms with Crippen molar-refractivity contribution >= 4 is 12.0 Å². The standard InChI is InChI=1S/C20H20F2N2O5/c21-15-4-1-14(18(22)9-15)12-29-20(27)24-7-8-28-17(11-24)10-23-19(26)13-2-5-16(25)6-3-13/h1-6,9,17,25H,7-8,10-12H2,(H,23,26)/t17-/m1/s1. The van der Waals surface area contributed by atoms with E-state index in [2.05, 4.69) is 5.32 Å². The third-order valence-corrected chi connectivity index (χ3v) is 4.38. The Balaban J connectivity index is 1.47. The number of phenols is 1. The third-order valence-electron chi connectivity index (χ3n) is 4.38. The summed E-state index contributed by atoms with van der Waals surface area (Å²) in [6.45, 7) is 0.619. The van der Waals surface area contributed by atoms with E-state index in [4.69, 9.17) is 9.47 Å². The lowest BCUT2D eigenvalue weighted by molar-refractivity contribution is -0.0264. The highest BCUT2D eigenvalue weighted by atomic mass is 19.1. The van der Waals surface area contributed by atoms with E-state index in [9.17, 15) is 23.5 Å². The van der Waals surface area contributed by atoms with Gasteiger partial charge in [-0.05, 0) is 36.4 Å². The van der Waals surface area contributed by atoms with Crippen LogP contribution in [-0.4, -0.2) is 54.4 Å². The van der Waals surface area contributed by atoms with E-state index < -0.39 is 23.8 Å². The number of hydrogen-bond acceptors (Lipinski definition) is 5. The Morgan fingerprint density at radius 2 is 1.97 bits per heavy atom. The highest BCUT2D eigenvalue weighted by Gasteiger charge is 2.26. The highest BCUT2D eigenvalue weighted by Crippen LogP contribution is 2.13. The van der Waals surface area contributed by atoms with Gasteiger partial charge in [0.05, 0.1) is 19.3 Å². The average molecular weight is 406 g/mol. The average Bonchev–Trinajstić information content (AvgIpc) is 2.72. The van der Waals surface area contributed by atoms with Gasteiger partial charge in [0.15, 0.2) is 0 Å². The number of ether oxygens (including phenoxy) is 2. The molecular weight excluding hydrogens is 386 g/mol. The minimum absolute atomic E-state index is 0.0619. The fourth-order valence-electron chi connectivity index (χ4n) is 2.80. The van der Waals surface area contributed by atoms with Gasteiger partial charge >= 0.3 is 6.09 Å². The van der Waals surface area contributed by atoms with Gasteiger partial charge in [0.1, 0.15) is 24.0 Å². The number of carbonyl (C=O) groups is 2. The van der Waals surface area contributed by atoms with Crippen molar-refractivity contribution in [3.05, 3.63) is 65.2 Å². The summed E-state index contributed by atoms with van der Waals surface area (Å²) in [6.07, 6.45) is -1.08. The predicted octanol–water partition coefficient (Wildman–Crippen LogP) is 2.44. The smallest absolute Gasteiger partial charge is 0.410 e. The number of morpholine rings is 1. The maximum atomic E-state index is 13.6. The number of carbonyl (C=O) groups excluding carboxylic acids is 2. The maximum Gasteiger partial charge on any atom is 0.410 e. The van der Waals surface area contributed by atoms with Gasteiger partial charge in [-0.15, -0.1) is 0 Å². The van der Waals surface area contributed by atoms with Gasteiger partial charge < -0.3 is 24.8 Å². The molecule has 0 bridgehead atoms. The minimum Gasteiger partial charge on any atom is -0.508 e. The first kappa shape index (κ1) is 20.5. The Bertz CT molecular complexity index is 876. The zero-order chi connectivity index (χ0) is 20.8. The van der Waals surface area contributed by atoms with E-state index in [-0.39, 0.29) is 43.5 Å². The molecule has 1 aliphatic rings. The Labute approximate surface area is 165 Å². The van der Waals surface area contributed by atoms with Crippen LogP contribution >= 0.6 is 0 Å². The first-order chi connectivity index (χ1) is 13.9. The lowest BCUT2D eigenvalue weighted by Gasteiger charge is -2.32. The van der Waals surface area contributed by atoms with Crippen LogP contribution in [0, 0.1) is 11.6 Å². The van der Waals surface area contributed by atoms with E-state index in [1.807, 2.05) is 0 Å². The monoisotopic (exact) mass is 406 g/mol. The van der Waals surface area contributed by atoms with Gasteiger partial charge in [-0.25, -0.2) is 13.6 Å². The van der Waals surface area contributed by atoms with Crippen molar-refractivity contribution < 1.29 is 33.0 Å². The molecule has 0 unspecified atom stereocenters. The van der Waals surface area contributed by atoms with Crippen molar-refractivity contribution in [2.24, 2.45) is 0 Å². The molecule has 0 radical (unpaired) electrons. The molecule has 1 fully saturated rings. The first-order valence-electron chi connectivity index (χ1n) is 8.97. The largest absolute Gasteiger partial charge is 0.508 e. The Kier molecular flexibility index (Phi) is 6.61. The summed E-state index contributed by atoms with van der Waals surface area (Å²) in [5.41, 5.74) is 0.460. The number of phenolic OH excluding ortho intramolecular Hbond substituents is 1. The SMILES string of the molecule is O=C(NC[C@@H]1CN(C(=O)OCc2ccc(F)cc2F)CCO1)c1ccc(O)cc1. The fourth-order valence-corrected chi connectivity index (χ4v) is 2.80. The van der Waals surface area contributed by atoms with Crippen LogP contribution in [0.25, 0.3) is 0 Å². The van der Waals surface area contributed by atoms with Crippen LogP contribution in [-0.2, 0) is 16.1 Å². The first-order valence-corrected chi connectivity index (χ1v) is 8.97. The van der Waals surface area contributed by atoms with E-state index >= 15 is 0 Å². The van der Waals surface area contributed by atoms with Crippen LogP contribution in [0.2, 0.25) is 0 Å². The molecule has 0 saturated carbocycles. The molecule has 0 aliphatic carbocycles. The van der Waals surface area contributed by atoms with Crippen molar-refractivity contribution in [2.75, 3.05) is 26.2 Å². The molecule has 1 heterocycles. The van der Waals surface area contributed by atoms with Crippen molar-refractivity contribution in [2.45, 2.75) is 12.7 Å². The van der Waals surface area contributed by atoms with Gasteiger partial charge in [-0.2, -0.15) is 0 Å². The number of aromatic hydroxyl groups is 1. The van der Waals surface area contributed by atoms with Gasteiger partial charge in [0.25, 0.3) is 5.91 Å². The van der Waals surface area contributed by atoms with E-state index in [0.29, 0.717) is 12.1 Å². The van der Waals surface area contributed by atoms with Crippen molar-refractivity contribution in [3.8, 4) is 5.75 Å². The summed E-state index contributed by atoms with van der Waals surface area (Å²) in [5.74, 6) is -1.76. The maximum absolute atomic E-state index is 13.6. The number of benzene rings is 2. The molecule has 2 N–H and O–H groups in total. The normalized spacial score (nSPS) is 16.3. The molecule has 1 saturated heterocycles. The van der Waals surface area contributed by atoms with Gasteiger partial charge in [0.2, 0.25) is 0 Å². The molecule has 1 aliphatic heterocycles. The molecule has 9 heteroatoms. The number of hydrogen-bond donors (Lipinski definition) is 2. The zero-order valence-electron chi connectivity index (χ0n) is 15.4. The Morgan fingerprint density at radius 3 is 2.69 bits per heavy atom. The Morgan fingerprint density at radius 1 is 1.21 bits per heavy atom. The number of rotatable bonds is 5. The summed E-state index contributed by atoms with van der Waals surface area (Å²) in [4.78, 5) is 25.7. The molecule has 0 spiro atoms. The molecular formula is C20H20F2N2O5. The van der Waals surface area contributed by atoms with Crippen LogP contribution in [0.1, 0.15) is 15.9 Å². The zero-order valence-corrected chi connectivity index (χ0v) is 15.4. The van der Waals surface area contributed by atoms with Crippen LogP contribution in [0.3, 0.4) is 0 Å². The third kappa shape index (κ3) is 5.64. The Hall–Kier alpha value is -3.20. The topological polar surface area (TPSA) is 88.1 Å². The minimum atomic E-state index is -0.783. The van der Waals surface area contributed by atoms with Gasteiger partial charge in [0, 0.05) is 30.3 Å². The second-order valence-electron chi connectivity index (χ2n) is 6.49. The lowest BCUT2D eigenvalue weighted by Crippen LogP contribution is -2.49. The quantitative estimate of drug-likeness (QED) is 0.796. The molecule has 29 heavy (non-hydrogen) atoms. The molecule has 154 valence electrons. The summed E-state index contributed by atoms with van der Waals surface area (Å²) in [6, 6.07) is 8.84. The molecule has 3 rings (SSSR count). The number of nitrogens with one attached hydrogen (secondary N) is 1. The molecule has 2 aromatic carbocycles. The van der Waals surface area contributed by atoms with E-state index in [0.717, 1.165) is 12.1 Å². The molecule has 7 nitrogen and oxygen atoms in total. The second kappa shape index (κ2) is 9.33. The summed E-state index contributed by atoms with van der Waals surface area (Å²) in [7, 11) is 0. The molecule has 1 atom stereocenters. The molecule has 0 aromatic heterocycles. The predicted molar refractivity (Wildman–Crippen MR) is 98.3 cm³/mol.